The maximum atomic E-state index is 12.7. The average molecular weight is 332 g/mol. The first-order chi connectivity index (χ1) is 11.2. The van der Waals surface area contributed by atoms with Gasteiger partial charge in [0.05, 0.1) is 31.0 Å². The first-order valence-electron chi connectivity index (χ1n) is 8.23. The summed E-state index contributed by atoms with van der Waals surface area (Å²) in [6.07, 6.45) is 4.29. The van der Waals surface area contributed by atoms with Crippen LogP contribution < -0.4 is 0 Å². The molecule has 124 valence electrons. The van der Waals surface area contributed by atoms with Crippen molar-refractivity contribution in [3.05, 3.63) is 40.6 Å². The van der Waals surface area contributed by atoms with Gasteiger partial charge >= 0.3 is 0 Å². The molecule has 0 bridgehead atoms. The Balaban J connectivity index is 1.73. The van der Waals surface area contributed by atoms with Crippen LogP contribution in [0, 0.1) is 0 Å². The minimum atomic E-state index is 0.209. The van der Waals surface area contributed by atoms with Crippen molar-refractivity contribution in [3.63, 3.8) is 0 Å². The van der Waals surface area contributed by atoms with Gasteiger partial charge in [0, 0.05) is 19.3 Å². The lowest BCUT2D eigenvalue weighted by Gasteiger charge is -2.36. The molecule has 1 unspecified atom stereocenters. The van der Waals surface area contributed by atoms with Crippen LogP contribution in [-0.2, 0) is 17.8 Å². The van der Waals surface area contributed by atoms with Crippen LogP contribution in [0.3, 0.4) is 0 Å². The summed E-state index contributed by atoms with van der Waals surface area (Å²) in [5.41, 5.74) is 2.24. The van der Waals surface area contributed by atoms with Crippen molar-refractivity contribution in [3.8, 4) is 0 Å². The van der Waals surface area contributed by atoms with Crippen LogP contribution in [-0.4, -0.2) is 51.4 Å². The summed E-state index contributed by atoms with van der Waals surface area (Å²) in [6.45, 7) is 8.81. The number of carbonyl (C=O) groups is 1. The second-order valence-corrected chi connectivity index (χ2v) is 6.79. The van der Waals surface area contributed by atoms with Crippen molar-refractivity contribution in [2.75, 3.05) is 26.2 Å². The molecule has 1 atom stereocenters. The molecule has 0 radical (unpaired) electrons. The summed E-state index contributed by atoms with van der Waals surface area (Å²) in [6, 6.07) is 2.32. The zero-order valence-electron chi connectivity index (χ0n) is 13.8. The van der Waals surface area contributed by atoms with Gasteiger partial charge in [-0.25, -0.2) is 4.98 Å². The first-order valence-corrected chi connectivity index (χ1v) is 9.17. The van der Waals surface area contributed by atoms with Gasteiger partial charge in [0.25, 0.3) is 0 Å². The second kappa shape index (κ2) is 7.27. The van der Waals surface area contributed by atoms with Crippen LogP contribution in [0.5, 0.6) is 0 Å². The molecule has 1 amide bonds. The van der Waals surface area contributed by atoms with Crippen molar-refractivity contribution in [1.82, 2.24) is 19.4 Å². The number of thiophene rings is 1. The number of imidazole rings is 1. The van der Waals surface area contributed by atoms with Crippen molar-refractivity contribution in [2.24, 2.45) is 0 Å². The summed E-state index contributed by atoms with van der Waals surface area (Å²) in [5.74, 6) is 0.209. The first kappa shape index (κ1) is 16.2. The highest BCUT2D eigenvalue weighted by molar-refractivity contribution is 7.07. The van der Waals surface area contributed by atoms with E-state index in [0.717, 1.165) is 37.4 Å². The Morgan fingerprint density at radius 3 is 2.96 bits per heavy atom. The van der Waals surface area contributed by atoms with E-state index < -0.39 is 0 Å². The fourth-order valence-electron chi connectivity index (χ4n) is 3.18. The lowest BCUT2D eigenvalue weighted by atomic mass is 10.1. The molecule has 0 saturated heterocycles. The van der Waals surface area contributed by atoms with Gasteiger partial charge in [0.15, 0.2) is 0 Å². The summed E-state index contributed by atoms with van der Waals surface area (Å²) < 4.78 is 2.24. The number of hydrogen-bond donors (Lipinski definition) is 0. The minimum absolute atomic E-state index is 0.209. The lowest BCUT2D eigenvalue weighted by Crippen LogP contribution is -2.45. The summed E-state index contributed by atoms with van der Waals surface area (Å²) in [4.78, 5) is 21.3. The molecule has 5 nitrogen and oxygen atoms in total. The van der Waals surface area contributed by atoms with E-state index in [2.05, 4.69) is 33.7 Å². The normalized spacial score (nSPS) is 17.5. The van der Waals surface area contributed by atoms with Gasteiger partial charge in [-0.15, -0.1) is 0 Å². The molecule has 1 aliphatic heterocycles. The zero-order valence-corrected chi connectivity index (χ0v) is 14.6. The van der Waals surface area contributed by atoms with E-state index in [0.29, 0.717) is 13.0 Å². The topological polar surface area (TPSA) is 41.4 Å². The molecule has 0 spiro atoms. The van der Waals surface area contributed by atoms with Gasteiger partial charge in [-0.1, -0.05) is 13.8 Å². The molecule has 0 N–H and O–H groups in total. The summed E-state index contributed by atoms with van der Waals surface area (Å²) in [7, 11) is 0. The van der Waals surface area contributed by atoms with Crippen LogP contribution in [0.15, 0.2) is 29.4 Å². The van der Waals surface area contributed by atoms with Gasteiger partial charge in [-0.3, -0.25) is 4.79 Å². The van der Waals surface area contributed by atoms with E-state index >= 15 is 0 Å². The van der Waals surface area contributed by atoms with E-state index in [4.69, 9.17) is 0 Å². The Hall–Kier alpha value is -1.66. The SMILES string of the molecule is CCN(CC)CC1CN(C(=O)Cc2ccsc2)Cc2cncn21. The van der Waals surface area contributed by atoms with E-state index in [1.165, 1.54) is 0 Å². The quantitative estimate of drug-likeness (QED) is 0.816. The van der Waals surface area contributed by atoms with Gasteiger partial charge < -0.3 is 14.4 Å². The largest absolute Gasteiger partial charge is 0.334 e. The van der Waals surface area contributed by atoms with E-state index in [1.807, 2.05) is 28.9 Å². The van der Waals surface area contributed by atoms with Gasteiger partial charge in [0.1, 0.15) is 0 Å². The second-order valence-electron chi connectivity index (χ2n) is 6.01. The number of nitrogens with zero attached hydrogens (tertiary/aromatic N) is 4. The van der Waals surface area contributed by atoms with Crippen molar-refractivity contribution < 1.29 is 4.79 Å². The fraction of sp³-hybridized carbons (Fsp3) is 0.529. The van der Waals surface area contributed by atoms with E-state index in [1.54, 1.807) is 11.3 Å². The Morgan fingerprint density at radius 1 is 1.43 bits per heavy atom. The molecule has 0 saturated carbocycles. The van der Waals surface area contributed by atoms with E-state index in [9.17, 15) is 4.79 Å². The molecule has 23 heavy (non-hydrogen) atoms. The summed E-state index contributed by atoms with van der Waals surface area (Å²) >= 11 is 1.64. The maximum absolute atomic E-state index is 12.7. The molecule has 0 aromatic carbocycles. The van der Waals surface area contributed by atoms with Gasteiger partial charge in [0.2, 0.25) is 5.91 Å². The molecular weight excluding hydrogens is 308 g/mol. The number of amides is 1. The van der Waals surface area contributed by atoms with Crippen molar-refractivity contribution in [1.29, 1.82) is 0 Å². The molecular formula is C17H24N4OS. The lowest BCUT2D eigenvalue weighted by molar-refractivity contribution is -0.132. The molecule has 0 aliphatic carbocycles. The number of likely N-dealkylation sites (N-methyl/N-ethyl adjacent to an activating group) is 1. The fourth-order valence-corrected chi connectivity index (χ4v) is 3.85. The van der Waals surface area contributed by atoms with Crippen LogP contribution >= 0.6 is 11.3 Å². The number of carbonyl (C=O) groups excluding carboxylic acids is 1. The van der Waals surface area contributed by atoms with Crippen molar-refractivity contribution >= 4 is 17.2 Å². The minimum Gasteiger partial charge on any atom is -0.334 e. The highest BCUT2D eigenvalue weighted by atomic mass is 32.1. The van der Waals surface area contributed by atoms with E-state index in [-0.39, 0.29) is 11.9 Å². The smallest absolute Gasteiger partial charge is 0.227 e. The van der Waals surface area contributed by atoms with Gasteiger partial charge in [-0.05, 0) is 35.5 Å². The summed E-state index contributed by atoms with van der Waals surface area (Å²) in [5, 5.41) is 4.08. The molecule has 1 aliphatic rings. The Kier molecular flexibility index (Phi) is 5.13. The van der Waals surface area contributed by atoms with Crippen LogP contribution in [0.4, 0.5) is 0 Å². The average Bonchev–Trinajstić information content (AvgIpc) is 3.23. The van der Waals surface area contributed by atoms with Crippen LogP contribution in [0.1, 0.15) is 31.1 Å². The predicted molar refractivity (Wildman–Crippen MR) is 92.5 cm³/mol. The monoisotopic (exact) mass is 332 g/mol. The Morgan fingerprint density at radius 2 is 2.26 bits per heavy atom. The standard InChI is InChI=1S/C17H24N4OS/c1-3-19(4-2)9-16-11-20(10-15-8-18-13-21(15)16)17(22)7-14-5-6-23-12-14/h5-6,8,12-13,16H,3-4,7,9-11H2,1-2H3. The zero-order chi connectivity index (χ0) is 16.2. The van der Waals surface area contributed by atoms with Crippen molar-refractivity contribution in [2.45, 2.75) is 32.9 Å². The number of hydrogen-bond acceptors (Lipinski definition) is 4. The number of aromatic nitrogens is 2. The number of fused-ring (bicyclic) bond motifs is 1. The third-order valence-electron chi connectivity index (χ3n) is 4.58. The van der Waals surface area contributed by atoms with Gasteiger partial charge in [-0.2, -0.15) is 11.3 Å². The van der Waals surface area contributed by atoms with Crippen LogP contribution in [0.25, 0.3) is 0 Å². The molecule has 2 aromatic heterocycles. The number of rotatable bonds is 6. The molecule has 3 rings (SSSR count). The Labute approximate surface area is 141 Å². The predicted octanol–water partition coefficient (Wildman–Crippen LogP) is 2.41. The highest BCUT2D eigenvalue weighted by Gasteiger charge is 2.28. The molecule has 6 heteroatoms. The third kappa shape index (κ3) is 3.64. The highest BCUT2D eigenvalue weighted by Crippen LogP contribution is 2.23. The molecule has 3 heterocycles. The van der Waals surface area contributed by atoms with Crippen LogP contribution in [0.2, 0.25) is 0 Å². The third-order valence-corrected chi connectivity index (χ3v) is 5.31. The molecule has 2 aromatic rings. The molecule has 0 fully saturated rings. The Bertz CT molecular complexity index is 633. The maximum Gasteiger partial charge on any atom is 0.227 e.